The summed E-state index contributed by atoms with van der Waals surface area (Å²) in [6.07, 6.45) is 0.175. The number of ketones is 2. The van der Waals surface area contributed by atoms with Crippen molar-refractivity contribution in [2.45, 2.75) is 24.7 Å². The predicted octanol–water partition coefficient (Wildman–Crippen LogP) is -1.23. The maximum absolute atomic E-state index is 13.0. The maximum Gasteiger partial charge on any atom is 0.404 e. The van der Waals surface area contributed by atoms with Crippen molar-refractivity contribution in [3.63, 3.8) is 0 Å². The molecule has 2 unspecified atom stereocenters. The summed E-state index contributed by atoms with van der Waals surface area (Å²) >= 11 is 0. The summed E-state index contributed by atoms with van der Waals surface area (Å²) in [5, 5.41) is 0. The van der Waals surface area contributed by atoms with Crippen molar-refractivity contribution in [1.82, 2.24) is 9.80 Å². The molecule has 10 nitrogen and oxygen atoms in total. The van der Waals surface area contributed by atoms with Gasteiger partial charge in [-0.05, 0) is 13.0 Å². The third kappa shape index (κ3) is 1.95. The van der Waals surface area contributed by atoms with E-state index in [1.807, 2.05) is 0 Å². The Morgan fingerprint density at radius 3 is 2.61 bits per heavy atom. The monoisotopic (exact) mass is 388 g/mol. The van der Waals surface area contributed by atoms with E-state index in [1.165, 1.54) is 20.1 Å². The van der Waals surface area contributed by atoms with Gasteiger partial charge in [0.05, 0.1) is 23.4 Å². The molecule has 0 spiro atoms. The van der Waals surface area contributed by atoms with Gasteiger partial charge in [-0.3, -0.25) is 14.4 Å². The van der Waals surface area contributed by atoms with Crippen molar-refractivity contribution in [3.8, 4) is 0 Å². The minimum absolute atomic E-state index is 0.132. The number of hydrogen-bond donors (Lipinski definition) is 2. The van der Waals surface area contributed by atoms with Crippen molar-refractivity contribution in [2.75, 3.05) is 20.3 Å². The highest BCUT2D eigenvalue weighted by Crippen LogP contribution is 2.59. The smallest absolute Gasteiger partial charge is 0.404 e. The number of primary amides is 1. The topological polar surface area (TPSA) is 145 Å². The van der Waals surface area contributed by atoms with Gasteiger partial charge in [0.15, 0.2) is 5.72 Å². The van der Waals surface area contributed by atoms with Gasteiger partial charge in [0, 0.05) is 24.8 Å². The van der Waals surface area contributed by atoms with Gasteiger partial charge in [0.1, 0.15) is 12.6 Å². The Bertz CT molecular complexity index is 921. The number of ether oxygens (including phenoxy) is 2. The zero-order chi connectivity index (χ0) is 20.5. The number of methoxy groups -OCH3 is 1. The number of nitrogens with zero attached hydrogens (tertiary/aromatic N) is 2. The predicted molar refractivity (Wildman–Crippen MR) is 94.0 cm³/mol. The van der Waals surface area contributed by atoms with Crippen LogP contribution in [0.25, 0.3) is 0 Å². The van der Waals surface area contributed by atoms with Gasteiger partial charge in [0.2, 0.25) is 17.5 Å². The molecule has 0 aromatic heterocycles. The number of fused-ring (bicyclic) bond motifs is 4. The first-order chi connectivity index (χ1) is 13.2. The lowest BCUT2D eigenvalue weighted by atomic mass is 9.82. The number of piperazine rings is 1. The van der Waals surface area contributed by atoms with Crippen LogP contribution >= 0.6 is 0 Å². The summed E-state index contributed by atoms with van der Waals surface area (Å²) < 4.78 is 10.9. The fourth-order valence-electron chi connectivity index (χ4n) is 4.88. The number of allylic oxidation sites excluding steroid dienone is 2. The Labute approximate surface area is 160 Å². The van der Waals surface area contributed by atoms with E-state index in [1.54, 1.807) is 9.80 Å². The lowest BCUT2D eigenvalue weighted by Gasteiger charge is -2.40. The molecule has 0 aromatic rings. The van der Waals surface area contributed by atoms with Crippen LogP contribution in [0.2, 0.25) is 0 Å². The minimum Gasteiger partial charge on any atom is -0.449 e. The molecule has 3 heterocycles. The average molecular weight is 388 g/mol. The maximum atomic E-state index is 13.0. The number of Topliss-reactive ketones (excluding diaryl/α,β-unsaturated/α-hetero) is 2. The van der Waals surface area contributed by atoms with Crippen molar-refractivity contribution >= 4 is 23.6 Å². The van der Waals surface area contributed by atoms with E-state index in [-0.39, 0.29) is 46.9 Å². The van der Waals surface area contributed by atoms with E-state index in [0.717, 1.165) is 0 Å². The fourth-order valence-corrected chi connectivity index (χ4v) is 4.88. The van der Waals surface area contributed by atoms with E-state index >= 15 is 0 Å². The van der Waals surface area contributed by atoms with Crippen molar-refractivity contribution < 1.29 is 28.7 Å². The second-order valence-electron chi connectivity index (χ2n) is 7.17. The molecule has 148 valence electrons. The highest BCUT2D eigenvalue weighted by atomic mass is 16.6. The zero-order valence-corrected chi connectivity index (χ0v) is 15.4. The molecule has 0 bridgehead atoms. The Kier molecular flexibility index (Phi) is 3.70. The third-order valence-electron chi connectivity index (χ3n) is 6.12. The SMILES string of the molecule is C=CC(=O)N1C2CN3C4=C(C(=O)C(N)=C(C)C4=O)[C@@H](COC(N)=O)[C@@]3(OC)C21. The van der Waals surface area contributed by atoms with E-state index in [2.05, 4.69) is 6.58 Å². The molecule has 3 aliphatic heterocycles. The molecule has 0 aromatic carbocycles. The number of carbonyl (C=O) groups is 4. The summed E-state index contributed by atoms with van der Waals surface area (Å²) in [7, 11) is 1.43. The molecule has 4 N–H and O–H groups in total. The standard InChI is InChI=1S/C18H20N4O6/c1-4-10(23)22-9-5-21-13-11(15(25)12(19)7(2)14(13)24)8(6-28-17(20)26)18(21,27-3)16(9)22/h4,8-9,16H,1,5-6,19H2,2-3H3,(H2,20,26)/t8-,9?,16?,18-,22?/m1/s1. The number of nitrogens with two attached hydrogens (primary N) is 2. The molecular weight excluding hydrogens is 368 g/mol. The summed E-state index contributed by atoms with van der Waals surface area (Å²) in [6.45, 7) is 5.01. The Hall–Kier alpha value is -3.14. The van der Waals surface area contributed by atoms with Crippen LogP contribution < -0.4 is 11.5 Å². The Morgan fingerprint density at radius 1 is 1.36 bits per heavy atom. The molecule has 1 aliphatic carbocycles. The van der Waals surface area contributed by atoms with Crippen molar-refractivity contribution in [1.29, 1.82) is 0 Å². The largest absolute Gasteiger partial charge is 0.449 e. The van der Waals surface area contributed by atoms with Crippen LogP contribution in [0.5, 0.6) is 0 Å². The number of rotatable bonds is 4. The molecular formula is C18H20N4O6. The molecule has 4 rings (SSSR count). The lowest BCUT2D eigenvalue weighted by molar-refractivity contribution is -0.151. The van der Waals surface area contributed by atoms with Gasteiger partial charge >= 0.3 is 6.09 Å². The fraction of sp³-hybridized carbons (Fsp3) is 0.444. The molecule has 4 aliphatic rings. The normalized spacial score (nSPS) is 33.0. The summed E-state index contributed by atoms with van der Waals surface area (Å²) in [6, 6.07) is -0.640. The minimum atomic E-state index is -1.24. The zero-order valence-electron chi connectivity index (χ0n) is 15.4. The number of amides is 2. The van der Waals surface area contributed by atoms with Crippen LogP contribution in [-0.4, -0.2) is 71.4 Å². The van der Waals surface area contributed by atoms with Crippen LogP contribution in [0.1, 0.15) is 6.92 Å². The first-order valence-electron chi connectivity index (χ1n) is 8.72. The van der Waals surface area contributed by atoms with Gasteiger partial charge in [0.25, 0.3) is 0 Å². The molecule has 0 radical (unpaired) electrons. The Morgan fingerprint density at radius 2 is 2.04 bits per heavy atom. The van der Waals surface area contributed by atoms with Gasteiger partial charge in [-0.15, -0.1) is 0 Å². The third-order valence-corrected chi connectivity index (χ3v) is 6.12. The van der Waals surface area contributed by atoms with Crippen LogP contribution in [0.4, 0.5) is 4.79 Å². The van der Waals surface area contributed by atoms with Gasteiger partial charge < -0.3 is 30.7 Å². The summed E-state index contributed by atoms with van der Waals surface area (Å²) in [5.74, 6) is -1.99. The van der Waals surface area contributed by atoms with Crippen molar-refractivity contribution in [3.05, 3.63) is 35.2 Å². The molecule has 2 saturated heterocycles. The van der Waals surface area contributed by atoms with E-state index in [0.29, 0.717) is 6.54 Å². The molecule has 2 fully saturated rings. The summed E-state index contributed by atoms with van der Waals surface area (Å²) in [4.78, 5) is 52.7. The molecule has 2 amide bonds. The second-order valence-corrected chi connectivity index (χ2v) is 7.17. The first-order valence-corrected chi connectivity index (χ1v) is 8.72. The highest BCUT2D eigenvalue weighted by molar-refractivity contribution is 6.25. The van der Waals surface area contributed by atoms with Crippen LogP contribution in [0.15, 0.2) is 35.2 Å². The van der Waals surface area contributed by atoms with E-state index in [9.17, 15) is 19.2 Å². The van der Waals surface area contributed by atoms with Gasteiger partial charge in [-0.1, -0.05) is 6.58 Å². The van der Waals surface area contributed by atoms with E-state index < -0.39 is 29.6 Å². The summed E-state index contributed by atoms with van der Waals surface area (Å²) in [5.41, 5.74) is 10.1. The van der Waals surface area contributed by atoms with Crippen LogP contribution in [0.3, 0.4) is 0 Å². The molecule has 10 heteroatoms. The number of carbonyl (C=O) groups excluding carboxylic acids is 4. The quantitative estimate of drug-likeness (QED) is 0.346. The average Bonchev–Trinajstić information content (AvgIpc) is 3.17. The van der Waals surface area contributed by atoms with Gasteiger partial charge in [-0.2, -0.15) is 0 Å². The second kappa shape index (κ2) is 5.68. The lowest BCUT2D eigenvalue weighted by Crippen LogP contribution is -2.56. The van der Waals surface area contributed by atoms with Crippen LogP contribution in [-0.2, 0) is 23.9 Å². The number of hydrogen-bond acceptors (Lipinski definition) is 8. The highest BCUT2D eigenvalue weighted by Gasteiger charge is 2.77. The van der Waals surface area contributed by atoms with E-state index in [4.69, 9.17) is 20.9 Å². The van der Waals surface area contributed by atoms with Gasteiger partial charge in [-0.25, -0.2) is 4.79 Å². The first kappa shape index (κ1) is 18.2. The van der Waals surface area contributed by atoms with Crippen molar-refractivity contribution in [2.24, 2.45) is 17.4 Å². The van der Waals surface area contributed by atoms with Crippen LogP contribution in [0, 0.1) is 5.92 Å². The molecule has 28 heavy (non-hydrogen) atoms. The Balaban J connectivity index is 1.84. The molecule has 4 atom stereocenters. The molecule has 0 saturated carbocycles.